The van der Waals surface area contributed by atoms with Gasteiger partial charge in [0.25, 0.3) is 5.91 Å². The topological polar surface area (TPSA) is 95.2 Å². The summed E-state index contributed by atoms with van der Waals surface area (Å²) in [6.45, 7) is 7.80. The van der Waals surface area contributed by atoms with Crippen LogP contribution in [0.2, 0.25) is 5.02 Å². The van der Waals surface area contributed by atoms with Gasteiger partial charge in [-0.15, -0.1) is 0 Å². The zero-order chi connectivity index (χ0) is 23.5. The summed E-state index contributed by atoms with van der Waals surface area (Å²) < 4.78 is 29.4. The molecule has 1 N–H and O–H groups in total. The second-order valence-corrected chi connectivity index (χ2v) is 10.2. The van der Waals surface area contributed by atoms with E-state index in [0.717, 1.165) is 42.8 Å². The minimum Gasteiger partial charge on any atom is -0.349 e. The third kappa shape index (κ3) is 4.90. The monoisotopic (exact) mass is 474 g/mol. The standard InChI is InChI=1S/C23H27ClN4O3S/c1-4-9-28-16(2)12-18(17(28)3)13-19(15-25)23(29)26-20-7-8-21(24)22(14-20)32(30,31)27-10-5-6-11-27/h7-8,12-14H,4-6,9-11H2,1-3H3,(H,26,29)/b19-13+. The van der Waals surface area contributed by atoms with Crippen molar-refractivity contribution in [2.45, 2.75) is 51.5 Å². The number of aryl methyl sites for hydroxylation is 1. The molecule has 2 aromatic rings. The Balaban J connectivity index is 1.87. The van der Waals surface area contributed by atoms with Gasteiger partial charge in [-0.05, 0) is 69.0 Å². The Morgan fingerprint density at radius 2 is 1.94 bits per heavy atom. The van der Waals surface area contributed by atoms with Crippen molar-refractivity contribution in [3.63, 3.8) is 0 Å². The van der Waals surface area contributed by atoms with E-state index in [1.54, 1.807) is 6.08 Å². The van der Waals surface area contributed by atoms with Gasteiger partial charge < -0.3 is 9.88 Å². The molecule has 1 fully saturated rings. The highest BCUT2D eigenvalue weighted by Crippen LogP contribution is 2.30. The van der Waals surface area contributed by atoms with E-state index in [0.29, 0.717) is 13.1 Å². The van der Waals surface area contributed by atoms with Crippen LogP contribution in [0.4, 0.5) is 5.69 Å². The molecular weight excluding hydrogens is 448 g/mol. The number of halogens is 1. The van der Waals surface area contributed by atoms with E-state index in [9.17, 15) is 18.5 Å². The fourth-order valence-electron chi connectivity index (χ4n) is 3.89. The van der Waals surface area contributed by atoms with Gasteiger partial charge in [-0.1, -0.05) is 18.5 Å². The Kier molecular flexibility index (Phi) is 7.44. The Morgan fingerprint density at radius 3 is 2.56 bits per heavy atom. The molecule has 32 heavy (non-hydrogen) atoms. The van der Waals surface area contributed by atoms with Gasteiger partial charge in [0.2, 0.25) is 10.0 Å². The zero-order valence-corrected chi connectivity index (χ0v) is 20.1. The molecule has 2 heterocycles. The lowest BCUT2D eigenvalue weighted by molar-refractivity contribution is -0.112. The molecule has 1 aliphatic rings. The SMILES string of the molecule is CCCn1c(C)cc(/C=C(\C#N)C(=O)Nc2ccc(Cl)c(S(=O)(=O)N3CCCC3)c2)c1C. The number of aromatic nitrogens is 1. The number of sulfonamides is 1. The Hall–Kier alpha value is -2.60. The minimum absolute atomic E-state index is 0.0514. The molecule has 0 radical (unpaired) electrons. The van der Waals surface area contributed by atoms with Crippen LogP contribution in [0.25, 0.3) is 6.08 Å². The first-order valence-electron chi connectivity index (χ1n) is 10.6. The summed E-state index contributed by atoms with van der Waals surface area (Å²) in [5.41, 5.74) is 3.03. The highest BCUT2D eigenvalue weighted by atomic mass is 35.5. The van der Waals surface area contributed by atoms with Crippen LogP contribution >= 0.6 is 11.6 Å². The van der Waals surface area contributed by atoms with Crippen LogP contribution in [-0.4, -0.2) is 36.3 Å². The molecule has 1 saturated heterocycles. The van der Waals surface area contributed by atoms with Crippen LogP contribution in [-0.2, 0) is 21.4 Å². The summed E-state index contributed by atoms with van der Waals surface area (Å²) >= 11 is 6.17. The maximum Gasteiger partial charge on any atom is 0.266 e. The van der Waals surface area contributed by atoms with Crippen molar-refractivity contribution in [3.05, 3.63) is 51.8 Å². The van der Waals surface area contributed by atoms with Gasteiger partial charge in [-0.2, -0.15) is 9.57 Å². The molecule has 0 unspecified atom stereocenters. The fourth-order valence-corrected chi connectivity index (χ4v) is 5.91. The molecule has 3 rings (SSSR count). The predicted molar refractivity (Wildman–Crippen MR) is 126 cm³/mol. The molecule has 9 heteroatoms. The third-order valence-corrected chi connectivity index (χ3v) is 7.98. The fraction of sp³-hybridized carbons (Fsp3) is 0.391. The Morgan fingerprint density at radius 1 is 1.25 bits per heavy atom. The largest absolute Gasteiger partial charge is 0.349 e. The number of carbonyl (C=O) groups is 1. The number of benzene rings is 1. The lowest BCUT2D eigenvalue weighted by Gasteiger charge is -2.17. The second-order valence-electron chi connectivity index (χ2n) is 7.86. The maximum absolute atomic E-state index is 12.9. The van der Waals surface area contributed by atoms with E-state index in [-0.39, 0.29) is 21.2 Å². The third-order valence-electron chi connectivity index (χ3n) is 5.60. The van der Waals surface area contributed by atoms with E-state index in [1.807, 2.05) is 26.0 Å². The van der Waals surface area contributed by atoms with Gasteiger partial charge >= 0.3 is 0 Å². The number of hydrogen-bond acceptors (Lipinski definition) is 4. The van der Waals surface area contributed by atoms with Crippen molar-refractivity contribution in [2.24, 2.45) is 0 Å². The highest BCUT2D eigenvalue weighted by molar-refractivity contribution is 7.89. The number of nitrogens with zero attached hydrogens (tertiary/aromatic N) is 3. The summed E-state index contributed by atoms with van der Waals surface area (Å²) in [5.74, 6) is -0.611. The predicted octanol–water partition coefficient (Wildman–Crippen LogP) is 4.50. The molecule has 170 valence electrons. The lowest BCUT2D eigenvalue weighted by Crippen LogP contribution is -2.28. The first kappa shape index (κ1) is 24.1. The summed E-state index contributed by atoms with van der Waals surface area (Å²) in [6.07, 6.45) is 4.15. The molecule has 0 aliphatic carbocycles. The van der Waals surface area contributed by atoms with Crippen LogP contribution in [0.1, 0.15) is 43.1 Å². The number of anilines is 1. The smallest absolute Gasteiger partial charge is 0.266 e. The molecule has 1 amide bonds. The highest BCUT2D eigenvalue weighted by Gasteiger charge is 2.29. The average Bonchev–Trinajstić information content (AvgIpc) is 3.38. The quantitative estimate of drug-likeness (QED) is 0.472. The number of amides is 1. The maximum atomic E-state index is 12.9. The Bertz CT molecular complexity index is 1200. The van der Waals surface area contributed by atoms with Crippen molar-refractivity contribution < 1.29 is 13.2 Å². The zero-order valence-electron chi connectivity index (χ0n) is 18.5. The Labute approximate surface area is 194 Å². The normalized spacial score (nSPS) is 15.0. The van der Waals surface area contributed by atoms with Crippen molar-refractivity contribution >= 4 is 39.3 Å². The van der Waals surface area contributed by atoms with E-state index < -0.39 is 15.9 Å². The summed E-state index contributed by atoms with van der Waals surface area (Å²) in [5, 5.41) is 12.3. The molecule has 0 atom stereocenters. The van der Waals surface area contributed by atoms with Crippen LogP contribution in [0.5, 0.6) is 0 Å². The summed E-state index contributed by atoms with van der Waals surface area (Å²) in [6, 6.07) is 8.19. The molecule has 7 nitrogen and oxygen atoms in total. The van der Waals surface area contributed by atoms with Gasteiger partial charge in [-0.3, -0.25) is 4.79 Å². The van der Waals surface area contributed by atoms with Gasteiger partial charge in [0.15, 0.2) is 0 Å². The first-order valence-corrected chi connectivity index (χ1v) is 12.4. The second kappa shape index (κ2) is 9.90. The van der Waals surface area contributed by atoms with Crippen molar-refractivity contribution in [3.8, 4) is 6.07 Å². The summed E-state index contributed by atoms with van der Waals surface area (Å²) in [7, 11) is -3.75. The van der Waals surface area contributed by atoms with Crippen molar-refractivity contribution in [1.82, 2.24) is 8.87 Å². The molecule has 0 spiro atoms. The van der Waals surface area contributed by atoms with Gasteiger partial charge in [-0.25, -0.2) is 8.42 Å². The molecule has 0 saturated carbocycles. The lowest BCUT2D eigenvalue weighted by atomic mass is 10.1. The van der Waals surface area contributed by atoms with Crippen molar-refractivity contribution in [1.29, 1.82) is 5.26 Å². The average molecular weight is 475 g/mol. The minimum atomic E-state index is -3.75. The van der Waals surface area contributed by atoms with Crippen molar-refractivity contribution in [2.75, 3.05) is 18.4 Å². The number of nitrogens with one attached hydrogen (secondary N) is 1. The number of rotatable bonds is 7. The molecule has 1 aromatic heterocycles. The molecule has 1 aromatic carbocycles. The molecule has 0 bridgehead atoms. The first-order chi connectivity index (χ1) is 15.2. The molecular formula is C23H27ClN4O3S. The van der Waals surface area contributed by atoms with E-state index in [1.165, 1.54) is 22.5 Å². The van der Waals surface area contributed by atoms with E-state index >= 15 is 0 Å². The number of hydrogen-bond donors (Lipinski definition) is 1. The number of nitriles is 1. The van der Waals surface area contributed by atoms with Gasteiger partial charge in [0.1, 0.15) is 16.5 Å². The van der Waals surface area contributed by atoms with Gasteiger partial charge in [0, 0.05) is 36.7 Å². The van der Waals surface area contributed by atoms with E-state index in [2.05, 4.69) is 16.8 Å². The summed E-state index contributed by atoms with van der Waals surface area (Å²) in [4.78, 5) is 12.7. The van der Waals surface area contributed by atoms with Gasteiger partial charge in [0.05, 0.1) is 5.02 Å². The van der Waals surface area contributed by atoms with E-state index in [4.69, 9.17) is 11.6 Å². The molecule has 1 aliphatic heterocycles. The number of carbonyl (C=O) groups excluding carboxylic acids is 1. The van der Waals surface area contributed by atoms with Crippen LogP contribution in [0.15, 0.2) is 34.7 Å². The van der Waals surface area contributed by atoms with Crippen LogP contribution < -0.4 is 5.32 Å². The van der Waals surface area contributed by atoms with Crippen LogP contribution in [0.3, 0.4) is 0 Å². The van der Waals surface area contributed by atoms with Crippen LogP contribution in [0, 0.1) is 25.2 Å².